The number of carbonyl (C=O) groups is 1. The van der Waals surface area contributed by atoms with E-state index in [1.165, 1.54) is 5.56 Å². The normalized spacial score (nSPS) is 11.7. The summed E-state index contributed by atoms with van der Waals surface area (Å²) in [6.07, 6.45) is 4.16. The van der Waals surface area contributed by atoms with E-state index in [2.05, 4.69) is 34.2 Å². The van der Waals surface area contributed by atoms with Crippen LogP contribution in [0.4, 0.5) is 4.79 Å². The number of amides is 2. The van der Waals surface area contributed by atoms with Gasteiger partial charge in [-0.2, -0.15) is 0 Å². The second kappa shape index (κ2) is 8.12. The quantitative estimate of drug-likeness (QED) is 0.798. The minimum Gasteiger partial charge on any atom is -0.328 e. The van der Waals surface area contributed by atoms with Crippen LogP contribution in [-0.2, 0) is 13.5 Å². The van der Waals surface area contributed by atoms with Gasteiger partial charge in [0.2, 0.25) is 0 Å². The van der Waals surface area contributed by atoms with E-state index in [-0.39, 0.29) is 12.1 Å². The van der Waals surface area contributed by atoms with Crippen LogP contribution in [0, 0.1) is 0 Å². The number of benzene rings is 1. The van der Waals surface area contributed by atoms with Crippen molar-refractivity contribution in [1.82, 2.24) is 25.0 Å². The van der Waals surface area contributed by atoms with E-state index in [9.17, 15) is 4.79 Å². The van der Waals surface area contributed by atoms with E-state index in [0.29, 0.717) is 13.1 Å². The summed E-state index contributed by atoms with van der Waals surface area (Å²) in [5, 5.41) is 10.8. The van der Waals surface area contributed by atoms with Crippen LogP contribution in [0.5, 0.6) is 0 Å². The average Bonchev–Trinajstić information content (AvgIpc) is 2.98. The van der Waals surface area contributed by atoms with Crippen LogP contribution >= 0.6 is 0 Å². The maximum absolute atomic E-state index is 12.5. The molecule has 6 heteroatoms. The van der Waals surface area contributed by atoms with Crippen LogP contribution < -0.4 is 5.32 Å². The van der Waals surface area contributed by atoms with Crippen LogP contribution in [0.15, 0.2) is 49.3 Å². The molecule has 2 aromatic rings. The fourth-order valence-electron chi connectivity index (χ4n) is 2.37. The van der Waals surface area contributed by atoms with Crippen LogP contribution in [0.2, 0.25) is 0 Å². The van der Waals surface area contributed by atoms with Crippen molar-refractivity contribution >= 4 is 6.03 Å². The van der Waals surface area contributed by atoms with Gasteiger partial charge < -0.3 is 14.8 Å². The summed E-state index contributed by atoms with van der Waals surface area (Å²) < 4.78 is 1.80. The topological polar surface area (TPSA) is 63.1 Å². The Balaban J connectivity index is 1.95. The molecule has 0 saturated heterocycles. The third kappa shape index (κ3) is 4.67. The molecule has 1 aromatic heterocycles. The van der Waals surface area contributed by atoms with Crippen molar-refractivity contribution in [3.63, 3.8) is 0 Å². The van der Waals surface area contributed by atoms with Gasteiger partial charge in [-0.3, -0.25) is 0 Å². The first-order valence-corrected chi connectivity index (χ1v) is 7.66. The molecule has 1 N–H and O–H groups in total. The minimum atomic E-state index is -0.209. The third-order valence-electron chi connectivity index (χ3n) is 3.62. The predicted octanol–water partition coefficient (Wildman–Crippen LogP) is 2.32. The first-order valence-electron chi connectivity index (χ1n) is 7.66. The SMILES string of the molecule is C=CCN(CCc1ccccc1)C(=O)N[C@@H](C)c1nncn1C. The number of hydrogen-bond donors (Lipinski definition) is 1. The Morgan fingerprint density at radius 2 is 2.17 bits per heavy atom. The molecule has 1 heterocycles. The zero-order chi connectivity index (χ0) is 16.7. The van der Waals surface area contributed by atoms with Gasteiger partial charge in [-0.25, -0.2) is 4.79 Å². The van der Waals surface area contributed by atoms with Gasteiger partial charge in [0.15, 0.2) is 5.82 Å². The highest BCUT2D eigenvalue weighted by Crippen LogP contribution is 2.09. The number of hydrogen-bond acceptors (Lipinski definition) is 3. The Labute approximate surface area is 136 Å². The first kappa shape index (κ1) is 16.7. The molecule has 0 aliphatic heterocycles. The molecule has 1 aromatic carbocycles. The number of rotatable bonds is 7. The molecule has 2 amide bonds. The van der Waals surface area contributed by atoms with Gasteiger partial charge in [-0.05, 0) is 18.9 Å². The zero-order valence-electron chi connectivity index (χ0n) is 13.6. The largest absolute Gasteiger partial charge is 0.328 e. The molecule has 122 valence electrons. The van der Waals surface area contributed by atoms with E-state index < -0.39 is 0 Å². The molecule has 2 rings (SSSR count). The molecule has 0 aliphatic carbocycles. The Bertz CT molecular complexity index is 637. The van der Waals surface area contributed by atoms with E-state index in [1.54, 1.807) is 21.9 Å². The number of nitrogens with one attached hydrogen (secondary N) is 1. The molecule has 1 atom stereocenters. The van der Waals surface area contributed by atoms with Gasteiger partial charge in [-0.15, -0.1) is 16.8 Å². The average molecular weight is 313 g/mol. The Hall–Kier alpha value is -2.63. The number of nitrogens with zero attached hydrogens (tertiary/aromatic N) is 4. The summed E-state index contributed by atoms with van der Waals surface area (Å²) >= 11 is 0. The van der Waals surface area contributed by atoms with E-state index >= 15 is 0 Å². The molecule has 0 bridgehead atoms. The second-order valence-electron chi connectivity index (χ2n) is 5.44. The van der Waals surface area contributed by atoms with Gasteiger partial charge in [0.25, 0.3) is 0 Å². The Morgan fingerprint density at radius 3 is 2.78 bits per heavy atom. The van der Waals surface area contributed by atoms with Crippen LogP contribution in [0.3, 0.4) is 0 Å². The summed E-state index contributed by atoms with van der Waals surface area (Å²) in [6.45, 7) is 6.76. The van der Waals surface area contributed by atoms with Gasteiger partial charge >= 0.3 is 6.03 Å². The highest BCUT2D eigenvalue weighted by molar-refractivity contribution is 5.74. The smallest absolute Gasteiger partial charge is 0.318 e. The predicted molar refractivity (Wildman–Crippen MR) is 89.9 cm³/mol. The van der Waals surface area contributed by atoms with E-state index in [4.69, 9.17) is 0 Å². The van der Waals surface area contributed by atoms with Gasteiger partial charge in [0, 0.05) is 20.1 Å². The Kier molecular flexibility index (Phi) is 5.91. The first-order chi connectivity index (χ1) is 11.1. The molecular weight excluding hydrogens is 290 g/mol. The summed E-state index contributed by atoms with van der Waals surface area (Å²) in [4.78, 5) is 14.2. The lowest BCUT2D eigenvalue weighted by Crippen LogP contribution is -2.42. The number of aromatic nitrogens is 3. The third-order valence-corrected chi connectivity index (χ3v) is 3.62. The number of carbonyl (C=O) groups excluding carboxylic acids is 1. The summed E-state index contributed by atoms with van der Waals surface area (Å²) in [5.74, 6) is 0.722. The second-order valence-corrected chi connectivity index (χ2v) is 5.44. The molecule has 6 nitrogen and oxygen atoms in total. The summed E-state index contributed by atoms with van der Waals surface area (Å²) in [5.41, 5.74) is 1.20. The minimum absolute atomic E-state index is 0.128. The maximum Gasteiger partial charge on any atom is 0.318 e. The molecular formula is C17H23N5O. The molecule has 0 spiro atoms. The van der Waals surface area contributed by atoms with Crippen LogP contribution in [0.25, 0.3) is 0 Å². The number of urea groups is 1. The van der Waals surface area contributed by atoms with Crippen molar-refractivity contribution < 1.29 is 4.79 Å². The molecule has 0 saturated carbocycles. The molecule has 0 radical (unpaired) electrons. The lowest BCUT2D eigenvalue weighted by Gasteiger charge is -2.24. The molecule has 0 unspecified atom stereocenters. The van der Waals surface area contributed by atoms with Gasteiger partial charge in [0.05, 0.1) is 6.04 Å². The van der Waals surface area contributed by atoms with Crippen LogP contribution in [-0.4, -0.2) is 38.8 Å². The fourth-order valence-corrected chi connectivity index (χ4v) is 2.37. The highest BCUT2D eigenvalue weighted by atomic mass is 16.2. The van der Waals surface area contributed by atoms with Crippen molar-refractivity contribution in [2.45, 2.75) is 19.4 Å². The molecule has 0 fully saturated rings. The summed E-state index contributed by atoms with van der Waals surface area (Å²) in [7, 11) is 1.86. The van der Waals surface area contributed by atoms with E-state index in [0.717, 1.165) is 12.2 Å². The molecule has 0 aliphatic rings. The van der Waals surface area contributed by atoms with Gasteiger partial charge in [0.1, 0.15) is 6.33 Å². The molecule has 23 heavy (non-hydrogen) atoms. The standard InChI is InChI=1S/C17H23N5O/c1-4-11-22(12-10-15-8-6-5-7-9-15)17(23)19-14(2)16-20-18-13-21(16)3/h4-9,13-14H,1,10-12H2,2-3H3,(H,19,23)/t14-/m0/s1. The van der Waals surface area contributed by atoms with Crippen LogP contribution in [0.1, 0.15) is 24.4 Å². The zero-order valence-corrected chi connectivity index (χ0v) is 13.6. The van der Waals surface area contributed by atoms with Gasteiger partial charge in [-0.1, -0.05) is 36.4 Å². The number of aryl methyl sites for hydroxylation is 1. The van der Waals surface area contributed by atoms with Crippen molar-refractivity contribution in [3.8, 4) is 0 Å². The van der Waals surface area contributed by atoms with Crippen molar-refractivity contribution in [1.29, 1.82) is 0 Å². The monoisotopic (exact) mass is 313 g/mol. The van der Waals surface area contributed by atoms with Crippen molar-refractivity contribution in [2.24, 2.45) is 7.05 Å². The lowest BCUT2D eigenvalue weighted by atomic mass is 10.1. The van der Waals surface area contributed by atoms with Crippen molar-refractivity contribution in [2.75, 3.05) is 13.1 Å². The Morgan fingerprint density at radius 1 is 1.43 bits per heavy atom. The lowest BCUT2D eigenvalue weighted by molar-refractivity contribution is 0.200. The summed E-state index contributed by atoms with van der Waals surface area (Å²) in [6, 6.07) is 9.78. The van der Waals surface area contributed by atoms with E-state index in [1.807, 2.05) is 32.2 Å². The fraction of sp³-hybridized carbons (Fsp3) is 0.353. The van der Waals surface area contributed by atoms with Crippen molar-refractivity contribution in [3.05, 3.63) is 60.7 Å². The highest BCUT2D eigenvalue weighted by Gasteiger charge is 2.18. The maximum atomic E-state index is 12.5.